The van der Waals surface area contributed by atoms with Crippen LogP contribution in [0.1, 0.15) is 12.4 Å². The average molecular weight is 319 g/mol. The Hall–Kier alpha value is -0.880. The van der Waals surface area contributed by atoms with Gasteiger partial charge in [-0.15, -0.1) is 11.8 Å². The van der Waals surface area contributed by atoms with Gasteiger partial charge in [0, 0.05) is 21.8 Å². The summed E-state index contributed by atoms with van der Waals surface area (Å²) in [5.74, 6) is 0.812. The van der Waals surface area contributed by atoms with Gasteiger partial charge in [0.1, 0.15) is 5.82 Å². The third-order valence-electron chi connectivity index (χ3n) is 2.14. The standard InChI is InChI=1S/C11H9BrF2N2S/c12-8-1-3-9(4-2-8)17-7-10-15-5-6-16(10)11(13)14/h1-6,11H,7H2. The van der Waals surface area contributed by atoms with E-state index in [2.05, 4.69) is 20.9 Å². The zero-order valence-corrected chi connectivity index (χ0v) is 11.1. The predicted octanol–water partition coefficient (Wildman–Crippen LogP) is 4.33. The molecule has 0 atom stereocenters. The van der Waals surface area contributed by atoms with Crippen molar-refractivity contribution in [3.05, 3.63) is 47.0 Å². The molecule has 2 aromatic rings. The normalized spacial score (nSPS) is 11.1. The second kappa shape index (κ2) is 5.64. The Balaban J connectivity index is 2.02. The van der Waals surface area contributed by atoms with Crippen molar-refractivity contribution in [1.29, 1.82) is 0 Å². The fourth-order valence-electron chi connectivity index (χ4n) is 1.31. The van der Waals surface area contributed by atoms with Crippen molar-refractivity contribution < 1.29 is 8.78 Å². The third kappa shape index (κ3) is 3.29. The zero-order chi connectivity index (χ0) is 12.3. The van der Waals surface area contributed by atoms with Crippen LogP contribution >= 0.6 is 27.7 Å². The molecule has 90 valence electrons. The predicted molar refractivity (Wildman–Crippen MR) is 67.2 cm³/mol. The first-order chi connectivity index (χ1) is 8.16. The molecule has 0 aliphatic carbocycles. The fraction of sp³-hybridized carbons (Fsp3) is 0.182. The van der Waals surface area contributed by atoms with Gasteiger partial charge in [-0.25, -0.2) is 4.98 Å². The van der Waals surface area contributed by atoms with Crippen molar-refractivity contribution in [2.45, 2.75) is 17.2 Å². The highest BCUT2D eigenvalue weighted by Crippen LogP contribution is 2.25. The molecule has 0 spiro atoms. The summed E-state index contributed by atoms with van der Waals surface area (Å²) in [5, 5.41) is 0. The van der Waals surface area contributed by atoms with E-state index < -0.39 is 6.55 Å². The minimum Gasteiger partial charge on any atom is -0.277 e. The first-order valence-electron chi connectivity index (χ1n) is 4.85. The van der Waals surface area contributed by atoms with E-state index in [4.69, 9.17) is 0 Å². The molecule has 0 fully saturated rings. The number of halogens is 3. The number of thioether (sulfide) groups is 1. The van der Waals surface area contributed by atoms with E-state index in [1.165, 1.54) is 24.2 Å². The van der Waals surface area contributed by atoms with Crippen LogP contribution in [-0.4, -0.2) is 9.55 Å². The van der Waals surface area contributed by atoms with Crippen molar-refractivity contribution in [2.75, 3.05) is 0 Å². The Bertz CT molecular complexity index is 484. The maximum atomic E-state index is 12.5. The van der Waals surface area contributed by atoms with Gasteiger partial charge in [-0.05, 0) is 24.3 Å². The van der Waals surface area contributed by atoms with Crippen LogP contribution in [-0.2, 0) is 5.75 Å². The largest absolute Gasteiger partial charge is 0.319 e. The highest BCUT2D eigenvalue weighted by molar-refractivity contribution is 9.10. The zero-order valence-electron chi connectivity index (χ0n) is 8.69. The summed E-state index contributed by atoms with van der Waals surface area (Å²) in [7, 11) is 0. The van der Waals surface area contributed by atoms with Crippen LogP contribution in [0.15, 0.2) is 46.0 Å². The van der Waals surface area contributed by atoms with E-state index in [0.717, 1.165) is 13.9 Å². The minimum absolute atomic E-state index is 0.382. The van der Waals surface area contributed by atoms with Gasteiger partial charge in [-0.3, -0.25) is 4.57 Å². The molecule has 0 unspecified atom stereocenters. The quantitative estimate of drug-likeness (QED) is 0.781. The summed E-state index contributed by atoms with van der Waals surface area (Å²) < 4.78 is 27.0. The molecule has 2 nitrogen and oxygen atoms in total. The Morgan fingerprint density at radius 2 is 2.00 bits per heavy atom. The number of alkyl halides is 2. The fourth-order valence-corrected chi connectivity index (χ4v) is 2.42. The molecule has 6 heteroatoms. The summed E-state index contributed by atoms with van der Waals surface area (Å²) in [4.78, 5) is 4.95. The van der Waals surface area contributed by atoms with Crippen LogP contribution in [0.5, 0.6) is 0 Å². The topological polar surface area (TPSA) is 17.8 Å². The molecule has 0 radical (unpaired) electrons. The molecule has 0 saturated heterocycles. The highest BCUT2D eigenvalue weighted by Gasteiger charge is 2.11. The number of benzene rings is 1. The number of hydrogen-bond donors (Lipinski definition) is 0. The van der Waals surface area contributed by atoms with Crippen molar-refractivity contribution in [3.8, 4) is 0 Å². The lowest BCUT2D eigenvalue weighted by Crippen LogP contribution is -2.01. The second-order valence-electron chi connectivity index (χ2n) is 3.27. The molecule has 1 heterocycles. The summed E-state index contributed by atoms with van der Waals surface area (Å²) in [6.45, 7) is -2.53. The van der Waals surface area contributed by atoms with Gasteiger partial charge in [0.15, 0.2) is 0 Å². The van der Waals surface area contributed by atoms with Crippen LogP contribution in [0.4, 0.5) is 8.78 Å². The van der Waals surface area contributed by atoms with Crippen LogP contribution in [0.2, 0.25) is 0 Å². The number of imidazole rings is 1. The van der Waals surface area contributed by atoms with E-state index in [1.807, 2.05) is 24.3 Å². The van der Waals surface area contributed by atoms with Gasteiger partial charge in [0.05, 0.1) is 5.75 Å². The first kappa shape index (κ1) is 12.6. The maximum absolute atomic E-state index is 12.5. The summed E-state index contributed by atoms with van der Waals surface area (Å²) >= 11 is 4.82. The lowest BCUT2D eigenvalue weighted by Gasteiger charge is -2.06. The van der Waals surface area contributed by atoms with Gasteiger partial charge in [-0.2, -0.15) is 8.78 Å². The lowest BCUT2D eigenvalue weighted by molar-refractivity contribution is 0.0678. The lowest BCUT2D eigenvalue weighted by atomic mass is 10.4. The van der Waals surface area contributed by atoms with Crippen LogP contribution < -0.4 is 0 Å². The summed E-state index contributed by atoms with van der Waals surface area (Å²) in [6, 6.07) is 7.71. The van der Waals surface area contributed by atoms with Crippen molar-refractivity contribution in [3.63, 3.8) is 0 Å². The van der Waals surface area contributed by atoms with E-state index in [1.54, 1.807) is 0 Å². The molecule has 0 aliphatic heterocycles. The monoisotopic (exact) mass is 318 g/mol. The van der Waals surface area contributed by atoms with Gasteiger partial charge in [-0.1, -0.05) is 15.9 Å². The van der Waals surface area contributed by atoms with Crippen molar-refractivity contribution in [2.24, 2.45) is 0 Å². The molecule has 1 aromatic carbocycles. The first-order valence-corrected chi connectivity index (χ1v) is 6.63. The molecular formula is C11H9BrF2N2S. The van der Waals surface area contributed by atoms with Gasteiger partial charge in [0.25, 0.3) is 0 Å². The summed E-state index contributed by atoms with van der Waals surface area (Å²) in [5.41, 5.74) is 0. The summed E-state index contributed by atoms with van der Waals surface area (Å²) in [6.07, 6.45) is 2.69. The van der Waals surface area contributed by atoms with E-state index in [0.29, 0.717) is 11.6 Å². The molecule has 0 saturated carbocycles. The highest BCUT2D eigenvalue weighted by atomic mass is 79.9. The number of aromatic nitrogens is 2. The number of hydrogen-bond acceptors (Lipinski definition) is 2. The Morgan fingerprint density at radius 1 is 1.29 bits per heavy atom. The molecule has 2 rings (SSSR count). The maximum Gasteiger partial charge on any atom is 0.319 e. The Labute approximate surface area is 110 Å². The smallest absolute Gasteiger partial charge is 0.277 e. The molecule has 17 heavy (non-hydrogen) atoms. The Morgan fingerprint density at radius 3 is 2.65 bits per heavy atom. The van der Waals surface area contributed by atoms with Crippen molar-refractivity contribution in [1.82, 2.24) is 9.55 Å². The minimum atomic E-state index is -2.53. The molecule has 1 aromatic heterocycles. The van der Waals surface area contributed by atoms with E-state index in [-0.39, 0.29) is 0 Å². The van der Waals surface area contributed by atoms with Gasteiger partial charge >= 0.3 is 6.55 Å². The van der Waals surface area contributed by atoms with Crippen LogP contribution in [0.3, 0.4) is 0 Å². The van der Waals surface area contributed by atoms with E-state index >= 15 is 0 Å². The Kier molecular flexibility index (Phi) is 4.17. The molecule has 0 bridgehead atoms. The number of rotatable bonds is 4. The van der Waals surface area contributed by atoms with Crippen LogP contribution in [0.25, 0.3) is 0 Å². The van der Waals surface area contributed by atoms with Gasteiger partial charge in [0.2, 0.25) is 0 Å². The average Bonchev–Trinajstić information content (AvgIpc) is 2.76. The SMILES string of the molecule is FC(F)n1ccnc1CSc1ccc(Br)cc1. The molecule has 0 aliphatic rings. The number of nitrogens with zero attached hydrogens (tertiary/aromatic N) is 2. The third-order valence-corrected chi connectivity index (χ3v) is 3.68. The van der Waals surface area contributed by atoms with Crippen molar-refractivity contribution >= 4 is 27.7 Å². The van der Waals surface area contributed by atoms with Crippen LogP contribution in [0, 0.1) is 0 Å². The van der Waals surface area contributed by atoms with E-state index in [9.17, 15) is 8.78 Å². The molecule has 0 amide bonds. The van der Waals surface area contributed by atoms with Gasteiger partial charge < -0.3 is 0 Å². The molecule has 0 N–H and O–H groups in total. The molecular weight excluding hydrogens is 310 g/mol. The second-order valence-corrected chi connectivity index (χ2v) is 5.24.